The van der Waals surface area contributed by atoms with Crippen molar-refractivity contribution in [2.75, 3.05) is 0 Å². The van der Waals surface area contributed by atoms with Gasteiger partial charge in [-0.25, -0.2) is 0 Å². The summed E-state index contributed by atoms with van der Waals surface area (Å²) in [7, 11) is 0. The summed E-state index contributed by atoms with van der Waals surface area (Å²) in [5.41, 5.74) is -0.0857. The minimum atomic E-state index is -1.16. The maximum absolute atomic E-state index is 11.7. The number of carboxylic acid groups (broad SMARTS) is 1. The van der Waals surface area contributed by atoms with Crippen molar-refractivity contribution >= 4 is 5.97 Å². The molecule has 1 saturated heterocycles. The van der Waals surface area contributed by atoms with Crippen molar-refractivity contribution in [2.24, 2.45) is 0 Å². The summed E-state index contributed by atoms with van der Waals surface area (Å²) in [4.78, 5) is 13.6. The molecule has 19 heavy (non-hydrogen) atoms. The topological polar surface area (TPSA) is 60.8 Å². The lowest BCUT2D eigenvalue weighted by atomic mass is 9.90. The molecule has 1 aromatic rings. The van der Waals surface area contributed by atoms with E-state index in [4.69, 9.17) is 0 Å². The van der Waals surface area contributed by atoms with Crippen LogP contribution in [0.3, 0.4) is 0 Å². The molecule has 1 fully saturated rings. The van der Waals surface area contributed by atoms with Crippen LogP contribution >= 0.6 is 0 Å². The summed E-state index contributed by atoms with van der Waals surface area (Å²) in [6.07, 6.45) is 0.400. The van der Waals surface area contributed by atoms with Gasteiger partial charge in [-0.1, -0.05) is 30.3 Å². The van der Waals surface area contributed by atoms with Gasteiger partial charge in [-0.15, -0.1) is 0 Å². The van der Waals surface area contributed by atoms with Crippen molar-refractivity contribution < 1.29 is 15.0 Å². The lowest BCUT2D eigenvalue weighted by molar-refractivity contribution is -0.158. The zero-order chi connectivity index (χ0) is 14.0. The molecule has 2 unspecified atom stereocenters. The van der Waals surface area contributed by atoms with Gasteiger partial charge in [0.15, 0.2) is 0 Å². The van der Waals surface area contributed by atoms with Gasteiger partial charge in [-0.2, -0.15) is 0 Å². The summed E-state index contributed by atoms with van der Waals surface area (Å²) < 4.78 is 0. The van der Waals surface area contributed by atoms with Gasteiger partial charge >= 0.3 is 5.97 Å². The maximum Gasteiger partial charge on any atom is 0.326 e. The van der Waals surface area contributed by atoms with E-state index in [2.05, 4.69) is 0 Å². The second kappa shape index (κ2) is 5.31. The number of aliphatic hydroxyl groups excluding tert-OH is 1. The third kappa shape index (κ3) is 2.38. The SMILES string of the molecule is CC1CC[C@@](C(=O)O)(C(C)O)N1Cc1ccccc1. The maximum atomic E-state index is 11.7. The molecule has 0 radical (unpaired) electrons. The zero-order valence-corrected chi connectivity index (χ0v) is 11.4. The van der Waals surface area contributed by atoms with E-state index < -0.39 is 17.6 Å². The van der Waals surface area contributed by atoms with Gasteiger partial charge in [0.05, 0.1) is 6.10 Å². The van der Waals surface area contributed by atoms with Gasteiger partial charge in [-0.3, -0.25) is 9.69 Å². The fourth-order valence-electron chi connectivity index (χ4n) is 3.06. The van der Waals surface area contributed by atoms with Gasteiger partial charge in [0.1, 0.15) is 5.54 Å². The molecule has 2 N–H and O–H groups in total. The molecular formula is C15H21NO3. The van der Waals surface area contributed by atoms with Crippen molar-refractivity contribution in [3.63, 3.8) is 0 Å². The van der Waals surface area contributed by atoms with Crippen molar-refractivity contribution in [2.45, 2.75) is 50.9 Å². The van der Waals surface area contributed by atoms with Crippen molar-refractivity contribution in [1.29, 1.82) is 0 Å². The Kier molecular flexibility index (Phi) is 3.92. The van der Waals surface area contributed by atoms with Crippen LogP contribution in [0.4, 0.5) is 0 Å². The predicted octanol–water partition coefficient (Wildman–Crippen LogP) is 1.88. The average Bonchev–Trinajstić information content (AvgIpc) is 2.70. The first-order valence-electron chi connectivity index (χ1n) is 6.70. The van der Waals surface area contributed by atoms with Gasteiger partial charge in [0.2, 0.25) is 0 Å². The van der Waals surface area contributed by atoms with Crippen LogP contribution in [0, 0.1) is 0 Å². The normalized spacial score (nSPS) is 29.3. The Balaban J connectivity index is 2.31. The highest BCUT2D eigenvalue weighted by molar-refractivity contribution is 5.80. The number of aliphatic carboxylic acids is 1. The summed E-state index contributed by atoms with van der Waals surface area (Å²) in [5.74, 6) is -0.928. The molecule has 104 valence electrons. The third-order valence-corrected chi connectivity index (χ3v) is 4.25. The second-order valence-electron chi connectivity index (χ2n) is 5.41. The van der Waals surface area contributed by atoms with Crippen LogP contribution in [0.1, 0.15) is 32.3 Å². The van der Waals surface area contributed by atoms with Gasteiger partial charge in [-0.05, 0) is 32.3 Å². The first-order valence-corrected chi connectivity index (χ1v) is 6.70. The first kappa shape index (κ1) is 14.0. The Labute approximate surface area is 113 Å². The second-order valence-corrected chi connectivity index (χ2v) is 5.41. The third-order valence-electron chi connectivity index (χ3n) is 4.25. The van der Waals surface area contributed by atoms with Crippen LogP contribution in [0.15, 0.2) is 30.3 Å². The number of likely N-dealkylation sites (tertiary alicyclic amines) is 1. The van der Waals surface area contributed by atoms with E-state index in [-0.39, 0.29) is 6.04 Å². The number of hydrogen-bond acceptors (Lipinski definition) is 3. The zero-order valence-electron chi connectivity index (χ0n) is 11.4. The van der Waals surface area contributed by atoms with E-state index in [1.807, 2.05) is 42.2 Å². The summed E-state index contributed by atoms with van der Waals surface area (Å²) >= 11 is 0. The lowest BCUT2D eigenvalue weighted by Gasteiger charge is -2.39. The molecule has 0 aliphatic carbocycles. The molecule has 0 saturated carbocycles. The molecule has 4 heteroatoms. The van der Waals surface area contributed by atoms with E-state index >= 15 is 0 Å². The fourth-order valence-corrected chi connectivity index (χ4v) is 3.06. The monoisotopic (exact) mass is 263 g/mol. The molecule has 0 spiro atoms. The largest absolute Gasteiger partial charge is 0.480 e. The predicted molar refractivity (Wildman–Crippen MR) is 72.7 cm³/mol. The highest BCUT2D eigenvalue weighted by Gasteiger charge is 2.53. The molecule has 0 amide bonds. The van der Waals surface area contributed by atoms with Crippen molar-refractivity contribution in [3.8, 4) is 0 Å². The van der Waals surface area contributed by atoms with E-state index in [9.17, 15) is 15.0 Å². The Morgan fingerprint density at radius 2 is 2.11 bits per heavy atom. The fraction of sp³-hybridized carbons (Fsp3) is 0.533. The first-order chi connectivity index (χ1) is 8.98. The molecule has 4 nitrogen and oxygen atoms in total. The highest BCUT2D eigenvalue weighted by atomic mass is 16.4. The average molecular weight is 263 g/mol. The molecular weight excluding hydrogens is 242 g/mol. The smallest absolute Gasteiger partial charge is 0.326 e. The van der Waals surface area contributed by atoms with Crippen LogP contribution in [0.2, 0.25) is 0 Å². The number of nitrogens with zero attached hydrogens (tertiary/aromatic N) is 1. The minimum Gasteiger partial charge on any atom is -0.480 e. The van der Waals surface area contributed by atoms with Crippen molar-refractivity contribution in [3.05, 3.63) is 35.9 Å². The highest BCUT2D eigenvalue weighted by Crippen LogP contribution is 2.38. The molecule has 1 aliphatic rings. The van der Waals surface area contributed by atoms with Gasteiger partial charge < -0.3 is 10.2 Å². The quantitative estimate of drug-likeness (QED) is 0.870. The Morgan fingerprint density at radius 1 is 1.47 bits per heavy atom. The van der Waals surface area contributed by atoms with Crippen molar-refractivity contribution in [1.82, 2.24) is 4.90 Å². The number of aliphatic hydroxyl groups is 1. The van der Waals surface area contributed by atoms with Crippen LogP contribution in [0.5, 0.6) is 0 Å². The molecule has 2 rings (SSSR count). The number of carbonyl (C=O) groups is 1. The summed E-state index contributed by atoms with van der Waals surface area (Å²) in [6.45, 7) is 4.15. The van der Waals surface area contributed by atoms with E-state index in [0.717, 1.165) is 12.0 Å². The van der Waals surface area contributed by atoms with E-state index in [1.54, 1.807) is 6.92 Å². The summed E-state index contributed by atoms with van der Waals surface area (Å²) in [6, 6.07) is 9.96. The van der Waals surface area contributed by atoms with E-state index in [1.165, 1.54) is 0 Å². The van der Waals surface area contributed by atoms with Gasteiger partial charge in [0.25, 0.3) is 0 Å². The minimum absolute atomic E-state index is 0.158. The Hall–Kier alpha value is -1.39. The van der Waals surface area contributed by atoms with Gasteiger partial charge in [0, 0.05) is 12.6 Å². The molecule has 1 aromatic carbocycles. The molecule has 0 aromatic heterocycles. The Morgan fingerprint density at radius 3 is 2.63 bits per heavy atom. The summed E-state index contributed by atoms with van der Waals surface area (Å²) in [5, 5.41) is 19.6. The number of hydrogen-bond donors (Lipinski definition) is 2. The molecule has 0 bridgehead atoms. The van der Waals surface area contributed by atoms with Crippen LogP contribution in [-0.2, 0) is 11.3 Å². The standard InChI is InChI=1S/C15H21NO3/c1-11-8-9-15(12(2)17,14(18)19)16(11)10-13-6-4-3-5-7-13/h3-7,11-12,17H,8-10H2,1-2H3,(H,18,19)/t11?,12?,15-/m0/s1. The molecule has 1 heterocycles. The number of carboxylic acids is 1. The number of rotatable bonds is 4. The van der Waals surface area contributed by atoms with E-state index in [0.29, 0.717) is 13.0 Å². The lowest BCUT2D eigenvalue weighted by Crippen LogP contribution is -2.58. The van der Waals surface area contributed by atoms with Crippen LogP contribution < -0.4 is 0 Å². The van der Waals surface area contributed by atoms with Crippen LogP contribution in [-0.4, -0.2) is 38.8 Å². The molecule has 1 aliphatic heterocycles. The van der Waals surface area contributed by atoms with Crippen LogP contribution in [0.25, 0.3) is 0 Å². The Bertz CT molecular complexity index is 446. The molecule has 3 atom stereocenters. The number of benzene rings is 1.